The van der Waals surface area contributed by atoms with Gasteiger partial charge in [0.05, 0.1) is 5.56 Å². The third-order valence-corrected chi connectivity index (χ3v) is 2.06. The number of benzene rings is 1. The smallest absolute Gasteiger partial charge is 0.335 e. The van der Waals surface area contributed by atoms with Crippen LogP contribution in [0.5, 0.6) is 0 Å². The Hall–Kier alpha value is -1.92. The monoisotopic (exact) mass is 254 g/mol. The van der Waals surface area contributed by atoms with E-state index in [1.807, 2.05) is 0 Å². The summed E-state index contributed by atoms with van der Waals surface area (Å²) in [6.07, 6.45) is 1.14. The summed E-state index contributed by atoms with van der Waals surface area (Å²) in [6, 6.07) is 7.55. The molecule has 0 radical (unpaired) electrons. The molecule has 1 aromatic rings. The van der Waals surface area contributed by atoms with Gasteiger partial charge in [0.25, 0.3) is 0 Å². The lowest BCUT2D eigenvalue weighted by molar-refractivity contribution is -0.138. The summed E-state index contributed by atoms with van der Waals surface area (Å²) >= 11 is 0. The fourth-order valence-electron chi connectivity index (χ4n) is 1.04. The molecule has 0 heterocycles. The van der Waals surface area contributed by atoms with E-state index in [1.165, 1.54) is 0 Å². The maximum absolute atomic E-state index is 10.2. The highest BCUT2D eigenvalue weighted by Gasteiger charge is 2.08. The van der Waals surface area contributed by atoms with Crippen LogP contribution >= 0.6 is 0 Å². The molecular formula is C12H18N2O4. The average Bonchev–Trinajstić information content (AvgIpc) is 2.37. The minimum Gasteiger partial charge on any atom is -0.480 e. The minimum atomic E-state index is -0.955. The molecule has 0 unspecified atom stereocenters. The maximum atomic E-state index is 10.2. The summed E-state index contributed by atoms with van der Waals surface area (Å²) in [5, 5.41) is 16.6. The molecule has 0 amide bonds. The topological polar surface area (TPSA) is 127 Å². The van der Waals surface area contributed by atoms with Gasteiger partial charge >= 0.3 is 11.9 Å². The van der Waals surface area contributed by atoms with E-state index in [0.717, 1.165) is 0 Å². The van der Waals surface area contributed by atoms with Gasteiger partial charge in [-0.3, -0.25) is 4.79 Å². The van der Waals surface area contributed by atoms with E-state index in [1.54, 1.807) is 30.3 Å². The Morgan fingerprint density at radius 3 is 2.06 bits per heavy atom. The molecule has 6 N–H and O–H groups in total. The lowest BCUT2D eigenvalue weighted by Gasteiger charge is -2.02. The fraction of sp³-hybridized carbons (Fsp3) is 0.333. The van der Waals surface area contributed by atoms with Crippen LogP contribution in [0.3, 0.4) is 0 Å². The van der Waals surface area contributed by atoms with E-state index in [-0.39, 0.29) is 0 Å². The predicted molar refractivity (Wildman–Crippen MR) is 67.3 cm³/mol. The summed E-state index contributed by atoms with van der Waals surface area (Å²) in [5.74, 6) is -1.83. The minimum absolute atomic E-state index is 0.331. The van der Waals surface area contributed by atoms with Gasteiger partial charge in [0.15, 0.2) is 0 Å². The largest absolute Gasteiger partial charge is 0.480 e. The maximum Gasteiger partial charge on any atom is 0.335 e. The second-order valence-electron chi connectivity index (χ2n) is 3.55. The molecule has 0 saturated carbocycles. The lowest BCUT2D eigenvalue weighted by atomic mass is 10.2. The molecule has 0 bridgehead atoms. The van der Waals surface area contributed by atoms with Crippen LogP contribution in [0, 0.1) is 0 Å². The molecule has 0 aromatic heterocycles. The third-order valence-electron chi connectivity index (χ3n) is 2.06. The van der Waals surface area contributed by atoms with Crippen molar-refractivity contribution in [1.29, 1.82) is 0 Å². The Morgan fingerprint density at radius 2 is 1.72 bits per heavy atom. The molecule has 6 nitrogen and oxygen atoms in total. The predicted octanol–water partition coefficient (Wildman–Crippen LogP) is 0.522. The van der Waals surface area contributed by atoms with Gasteiger partial charge in [-0.2, -0.15) is 0 Å². The molecule has 0 spiro atoms. The quantitative estimate of drug-likeness (QED) is 0.606. The molecule has 1 rings (SSSR count). The fourth-order valence-corrected chi connectivity index (χ4v) is 1.04. The Balaban J connectivity index is 0.000000321. The Labute approximate surface area is 105 Å². The van der Waals surface area contributed by atoms with Crippen LogP contribution in [0.2, 0.25) is 0 Å². The number of carbonyl (C=O) groups is 2. The molecule has 0 saturated heterocycles. The first kappa shape index (κ1) is 16.1. The van der Waals surface area contributed by atoms with Gasteiger partial charge in [-0.05, 0) is 31.5 Å². The van der Waals surface area contributed by atoms with Crippen molar-refractivity contribution in [2.24, 2.45) is 11.5 Å². The van der Waals surface area contributed by atoms with Crippen LogP contribution in [0.15, 0.2) is 30.3 Å². The standard InChI is InChI=1S/C7H6O2.C5H12N2O2/c8-7(9)6-4-2-1-3-5-6;6-3-1-2-4(7)5(8)9/h1-5H,(H,8,9);4H,1-3,6-7H2,(H,8,9)/t;4-/m.0/s1. The van der Waals surface area contributed by atoms with Crippen molar-refractivity contribution in [2.45, 2.75) is 18.9 Å². The first-order chi connectivity index (χ1) is 8.49. The number of aromatic carboxylic acids is 1. The van der Waals surface area contributed by atoms with Crippen molar-refractivity contribution >= 4 is 11.9 Å². The highest BCUT2D eigenvalue weighted by Crippen LogP contribution is 1.96. The van der Waals surface area contributed by atoms with Crippen LogP contribution < -0.4 is 11.5 Å². The van der Waals surface area contributed by atoms with Gasteiger partial charge in [0.2, 0.25) is 0 Å². The summed E-state index contributed by atoms with van der Waals surface area (Å²) in [4.78, 5) is 20.2. The molecule has 0 aliphatic heterocycles. The van der Waals surface area contributed by atoms with Crippen molar-refractivity contribution < 1.29 is 19.8 Å². The summed E-state index contributed by atoms with van der Waals surface area (Å²) in [6.45, 7) is 0.501. The summed E-state index contributed by atoms with van der Waals surface area (Å²) < 4.78 is 0. The zero-order valence-electron chi connectivity index (χ0n) is 9.95. The molecule has 0 aliphatic rings. The van der Waals surface area contributed by atoms with E-state index < -0.39 is 18.0 Å². The average molecular weight is 254 g/mol. The van der Waals surface area contributed by atoms with Crippen LogP contribution in [-0.2, 0) is 4.79 Å². The van der Waals surface area contributed by atoms with Crippen molar-refractivity contribution in [1.82, 2.24) is 0 Å². The van der Waals surface area contributed by atoms with Gasteiger partial charge in [-0.15, -0.1) is 0 Å². The lowest BCUT2D eigenvalue weighted by Crippen LogP contribution is -2.30. The number of rotatable bonds is 5. The molecule has 0 fully saturated rings. The van der Waals surface area contributed by atoms with Crippen LogP contribution in [0.4, 0.5) is 0 Å². The molecular weight excluding hydrogens is 236 g/mol. The molecule has 100 valence electrons. The number of carboxylic acid groups (broad SMARTS) is 2. The van der Waals surface area contributed by atoms with Crippen LogP contribution in [0.1, 0.15) is 23.2 Å². The van der Waals surface area contributed by atoms with Crippen molar-refractivity contribution in [3.05, 3.63) is 35.9 Å². The van der Waals surface area contributed by atoms with E-state index in [9.17, 15) is 9.59 Å². The van der Waals surface area contributed by atoms with Gasteiger partial charge in [-0.25, -0.2) is 4.79 Å². The van der Waals surface area contributed by atoms with E-state index in [2.05, 4.69) is 0 Å². The number of hydrogen-bond donors (Lipinski definition) is 4. The van der Waals surface area contributed by atoms with Crippen LogP contribution in [0.25, 0.3) is 0 Å². The van der Waals surface area contributed by atoms with Crippen LogP contribution in [-0.4, -0.2) is 34.7 Å². The third kappa shape index (κ3) is 7.37. The van der Waals surface area contributed by atoms with E-state index in [4.69, 9.17) is 21.7 Å². The summed E-state index contributed by atoms with van der Waals surface area (Å²) in [5.41, 5.74) is 10.6. The first-order valence-corrected chi connectivity index (χ1v) is 5.45. The first-order valence-electron chi connectivity index (χ1n) is 5.45. The highest BCUT2D eigenvalue weighted by atomic mass is 16.4. The molecule has 0 aliphatic carbocycles. The Kier molecular flexibility index (Phi) is 8.17. The van der Waals surface area contributed by atoms with E-state index >= 15 is 0 Å². The Bertz CT molecular complexity index is 368. The number of nitrogens with two attached hydrogens (primary N) is 2. The molecule has 6 heteroatoms. The van der Waals surface area contributed by atoms with Gasteiger partial charge < -0.3 is 21.7 Å². The number of hydrogen-bond acceptors (Lipinski definition) is 4. The molecule has 18 heavy (non-hydrogen) atoms. The van der Waals surface area contributed by atoms with Gasteiger partial charge in [0.1, 0.15) is 6.04 Å². The van der Waals surface area contributed by atoms with Crippen molar-refractivity contribution in [3.8, 4) is 0 Å². The van der Waals surface area contributed by atoms with Gasteiger partial charge in [0, 0.05) is 0 Å². The highest BCUT2D eigenvalue weighted by molar-refractivity contribution is 5.87. The number of aliphatic carboxylic acids is 1. The second-order valence-corrected chi connectivity index (χ2v) is 3.55. The summed E-state index contributed by atoms with van der Waals surface area (Å²) in [7, 11) is 0. The normalized spacial score (nSPS) is 11.0. The zero-order valence-corrected chi connectivity index (χ0v) is 9.95. The molecule has 1 atom stereocenters. The van der Waals surface area contributed by atoms with Crippen molar-refractivity contribution in [3.63, 3.8) is 0 Å². The zero-order chi connectivity index (χ0) is 14.0. The SMILES string of the molecule is NCCC[C@H](N)C(=O)O.O=C(O)c1ccccc1. The van der Waals surface area contributed by atoms with Gasteiger partial charge in [-0.1, -0.05) is 18.2 Å². The van der Waals surface area contributed by atoms with E-state index in [0.29, 0.717) is 24.9 Å². The number of carboxylic acids is 2. The Morgan fingerprint density at radius 1 is 1.17 bits per heavy atom. The molecule has 1 aromatic carbocycles. The second kappa shape index (κ2) is 9.15. The van der Waals surface area contributed by atoms with Crippen molar-refractivity contribution in [2.75, 3.05) is 6.54 Å².